The van der Waals surface area contributed by atoms with Crippen molar-refractivity contribution >= 4 is 46.6 Å². The molecule has 2 rings (SSSR count). The van der Waals surface area contributed by atoms with Gasteiger partial charge in [-0.1, -0.05) is 59.1 Å². The summed E-state index contributed by atoms with van der Waals surface area (Å²) in [5, 5.41) is 3.60. The predicted octanol–water partition coefficient (Wildman–Crippen LogP) is 7.05. The minimum Gasteiger partial charge on any atom is -0.387 e. The third kappa shape index (κ3) is 4.59. The van der Waals surface area contributed by atoms with Crippen LogP contribution in [0.2, 0.25) is 15.1 Å². The zero-order chi connectivity index (χ0) is 17.9. The van der Waals surface area contributed by atoms with Crippen molar-refractivity contribution in [2.75, 3.05) is 12.4 Å². The van der Waals surface area contributed by atoms with E-state index in [1.54, 1.807) is 25.2 Å². The zero-order valence-corrected chi connectivity index (χ0v) is 14.7. The fourth-order valence-electron chi connectivity index (χ4n) is 2.16. The second-order valence-corrected chi connectivity index (χ2v) is 6.26. The molecule has 0 aliphatic carbocycles. The Bertz CT molecular complexity index is 757. The summed E-state index contributed by atoms with van der Waals surface area (Å²) in [4.78, 5) is 0. The fourth-order valence-corrected chi connectivity index (χ4v) is 2.75. The number of anilines is 1. The molecular weight excluding hydrogens is 382 g/mol. The molecule has 1 N–H and O–H groups in total. The van der Waals surface area contributed by atoms with Crippen molar-refractivity contribution in [3.8, 4) is 0 Å². The van der Waals surface area contributed by atoms with Crippen molar-refractivity contribution in [2.45, 2.75) is 12.1 Å². The van der Waals surface area contributed by atoms with Gasteiger partial charge in [0.05, 0.1) is 26.7 Å². The topological polar surface area (TPSA) is 12.0 Å². The largest absolute Gasteiger partial charge is 0.399 e. The van der Waals surface area contributed by atoms with Crippen LogP contribution in [0.1, 0.15) is 17.0 Å². The van der Waals surface area contributed by atoms with Crippen LogP contribution in [-0.4, -0.2) is 13.2 Å². The molecule has 0 aliphatic rings. The maximum absolute atomic E-state index is 13.4. The number of nitrogens with one attached hydrogen (secondary N) is 1. The number of benzene rings is 2. The van der Waals surface area contributed by atoms with Gasteiger partial charge < -0.3 is 5.32 Å². The van der Waals surface area contributed by atoms with E-state index in [-0.39, 0.29) is 15.6 Å². The molecule has 0 radical (unpaired) electrons. The first-order valence-electron chi connectivity index (χ1n) is 6.89. The number of hydrogen-bond donors (Lipinski definition) is 1. The Morgan fingerprint density at radius 1 is 0.958 bits per heavy atom. The van der Waals surface area contributed by atoms with Gasteiger partial charge in [-0.15, -0.1) is 0 Å². The van der Waals surface area contributed by atoms with Crippen LogP contribution in [-0.2, 0) is 0 Å². The lowest BCUT2D eigenvalue weighted by atomic mass is 9.97. The average molecular weight is 395 g/mol. The van der Waals surface area contributed by atoms with Gasteiger partial charge in [0.15, 0.2) is 0 Å². The smallest absolute Gasteiger partial charge is 0.387 e. The van der Waals surface area contributed by atoms with Gasteiger partial charge in [0.2, 0.25) is 0 Å². The number of rotatable bonds is 4. The maximum Gasteiger partial charge on any atom is 0.399 e. The average Bonchev–Trinajstić information content (AvgIpc) is 2.50. The maximum atomic E-state index is 13.4. The molecule has 1 unspecified atom stereocenters. The summed E-state index contributed by atoms with van der Waals surface area (Å²) in [6.07, 6.45) is -2.00. The molecule has 128 valence electrons. The Balaban J connectivity index is 2.36. The molecule has 0 saturated carbocycles. The molecule has 0 aromatic heterocycles. The third-order valence-corrected chi connectivity index (χ3v) is 4.45. The van der Waals surface area contributed by atoms with Gasteiger partial charge in [0.1, 0.15) is 0 Å². The van der Waals surface area contributed by atoms with Gasteiger partial charge in [-0.25, -0.2) is 0 Å². The van der Waals surface area contributed by atoms with Gasteiger partial charge >= 0.3 is 6.18 Å². The third-order valence-electron chi connectivity index (χ3n) is 3.40. The van der Waals surface area contributed by atoms with Crippen LogP contribution in [0.25, 0.3) is 6.08 Å². The minimum atomic E-state index is -4.46. The molecule has 0 spiro atoms. The Kier molecular flexibility index (Phi) is 6.07. The van der Waals surface area contributed by atoms with Crippen LogP contribution in [0.4, 0.5) is 18.9 Å². The summed E-state index contributed by atoms with van der Waals surface area (Å²) >= 11 is 17.6. The van der Waals surface area contributed by atoms with Crippen LogP contribution in [0.3, 0.4) is 0 Å². The van der Waals surface area contributed by atoms with E-state index in [2.05, 4.69) is 5.32 Å². The van der Waals surface area contributed by atoms with Gasteiger partial charge in [-0.05, 0) is 35.4 Å². The Hall–Kier alpha value is -1.36. The van der Waals surface area contributed by atoms with E-state index in [1.807, 2.05) is 0 Å². The SMILES string of the molecule is CNc1ccc(/C=C/C(c2ccc(Cl)c(Cl)c2)C(F)(F)F)cc1Cl. The Labute approximate surface area is 153 Å². The summed E-state index contributed by atoms with van der Waals surface area (Å²) in [6, 6.07) is 8.86. The van der Waals surface area contributed by atoms with E-state index in [0.717, 1.165) is 6.08 Å². The molecule has 0 aliphatic heterocycles. The molecule has 0 amide bonds. The molecule has 1 atom stereocenters. The van der Waals surface area contributed by atoms with Gasteiger partial charge in [-0.2, -0.15) is 13.2 Å². The Morgan fingerprint density at radius 3 is 2.21 bits per heavy atom. The molecule has 0 saturated heterocycles. The van der Waals surface area contributed by atoms with Crippen molar-refractivity contribution in [2.24, 2.45) is 0 Å². The van der Waals surface area contributed by atoms with Crippen molar-refractivity contribution in [1.29, 1.82) is 0 Å². The minimum absolute atomic E-state index is 0.0195. The molecule has 0 bridgehead atoms. The highest BCUT2D eigenvalue weighted by Crippen LogP contribution is 2.38. The highest BCUT2D eigenvalue weighted by atomic mass is 35.5. The van der Waals surface area contributed by atoms with E-state index >= 15 is 0 Å². The number of allylic oxidation sites excluding steroid dienone is 1. The summed E-state index contributed by atoms with van der Waals surface area (Å²) in [6.45, 7) is 0. The number of halogens is 6. The highest BCUT2D eigenvalue weighted by molar-refractivity contribution is 6.42. The molecule has 7 heteroatoms. The second kappa shape index (κ2) is 7.68. The van der Waals surface area contributed by atoms with E-state index in [1.165, 1.54) is 24.3 Å². The van der Waals surface area contributed by atoms with Crippen LogP contribution in [0.5, 0.6) is 0 Å². The molecule has 0 heterocycles. The van der Waals surface area contributed by atoms with Gasteiger partial charge in [0, 0.05) is 7.05 Å². The number of alkyl halides is 3. The quantitative estimate of drug-likeness (QED) is 0.586. The standard InChI is InChI=1S/C17H13Cl3F3N/c1-24-16-7-3-10(8-15(16)20)2-5-12(17(21,22)23)11-4-6-13(18)14(19)9-11/h2-9,12,24H,1H3/b5-2+. The Morgan fingerprint density at radius 2 is 1.67 bits per heavy atom. The first-order chi connectivity index (χ1) is 11.2. The molecule has 2 aromatic rings. The summed E-state index contributed by atoms with van der Waals surface area (Å²) < 4.78 is 40.1. The lowest BCUT2D eigenvalue weighted by Gasteiger charge is -2.18. The first-order valence-corrected chi connectivity index (χ1v) is 8.03. The van der Waals surface area contributed by atoms with Crippen molar-refractivity contribution in [3.05, 3.63) is 68.7 Å². The fraction of sp³-hybridized carbons (Fsp3) is 0.176. The molecular formula is C17H13Cl3F3N. The van der Waals surface area contributed by atoms with Crippen molar-refractivity contribution < 1.29 is 13.2 Å². The van der Waals surface area contributed by atoms with Crippen molar-refractivity contribution in [3.63, 3.8) is 0 Å². The normalized spacial score (nSPS) is 13.3. The highest BCUT2D eigenvalue weighted by Gasteiger charge is 2.39. The lowest BCUT2D eigenvalue weighted by Crippen LogP contribution is -2.18. The van der Waals surface area contributed by atoms with E-state index in [0.29, 0.717) is 16.3 Å². The molecule has 1 nitrogen and oxygen atoms in total. The van der Waals surface area contributed by atoms with Gasteiger partial charge in [-0.3, -0.25) is 0 Å². The van der Waals surface area contributed by atoms with Gasteiger partial charge in [0.25, 0.3) is 0 Å². The molecule has 0 fully saturated rings. The number of hydrogen-bond acceptors (Lipinski definition) is 1. The van der Waals surface area contributed by atoms with E-state index in [4.69, 9.17) is 34.8 Å². The summed E-state index contributed by atoms with van der Waals surface area (Å²) in [7, 11) is 1.71. The first kappa shape index (κ1) is 19.0. The van der Waals surface area contributed by atoms with Crippen LogP contribution in [0, 0.1) is 0 Å². The van der Waals surface area contributed by atoms with Crippen molar-refractivity contribution in [1.82, 2.24) is 0 Å². The monoisotopic (exact) mass is 393 g/mol. The summed E-state index contributed by atoms with van der Waals surface area (Å²) in [5.41, 5.74) is 1.28. The van der Waals surface area contributed by atoms with Crippen LogP contribution in [0.15, 0.2) is 42.5 Å². The summed E-state index contributed by atoms with van der Waals surface area (Å²) in [5.74, 6) is -1.80. The predicted molar refractivity (Wildman–Crippen MR) is 95.3 cm³/mol. The lowest BCUT2D eigenvalue weighted by molar-refractivity contribution is -0.139. The zero-order valence-electron chi connectivity index (χ0n) is 12.5. The molecule has 24 heavy (non-hydrogen) atoms. The van der Waals surface area contributed by atoms with Crippen LogP contribution >= 0.6 is 34.8 Å². The van der Waals surface area contributed by atoms with E-state index in [9.17, 15) is 13.2 Å². The molecule has 2 aromatic carbocycles. The van der Waals surface area contributed by atoms with E-state index < -0.39 is 12.1 Å². The van der Waals surface area contributed by atoms with Crippen LogP contribution < -0.4 is 5.32 Å². The second-order valence-electron chi connectivity index (χ2n) is 5.04.